The van der Waals surface area contributed by atoms with E-state index in [1.165, 1.54) is 25.2 Å². The average molecular weight is 1080 g/mol. The Hall–Kier alpha value is -8.07. The Bertz CT molecular complexity index is 3490. The lowest BCUT2D eigenvalue weighted by Gasteiger charge is -2.30. The van der Waals surface area contributed by atoms with Crippen LogP contribution in [0.1, 0.15) is 113 Å². The van der Waals surface area contributed by atoms with Gasteiger partial charge in [-0.3, -0.25) is 33.3 Å². The molecule has 6 aromatic rings. The molecule has 0 unspecified atom stereocenters. The number of hydrogen-bond donors (Lipinski definition) is 4. The van der Waals surface area contributed by atoms with Crippen molar-refractivity contribution in [3.05, 3.63) is 128 Å². The number of amides is 4. The molecule has 4 aliphatic rings. The van der Waals surface area contributed by atoms with E-state index >= 15 is 0 Å². The molecule has 0 bridgehead atoms. The number of nitrogens with two attached hydrogens (primary N) is 1. The Morgan fingerprint density at radius 3 is 1.48 bits per heavy atom. The summed E-state index contributed by atoms with van der Waals surface area (Å²) >= 11 is 0. The summed E-state index contributed by atoms with van der Waals surface area (Å²) in [6, 6.07) is 21.0. The minimum Gasteiger partial charge on any atom is -0.381 e. The number of aromatic nitrogens is 6. The second-order valence-corrected chi connectivity index (χ2v) is 23.7. The summed E-state index contributed by atoms with van der Waals surface area (Å²) in [7, 11) is 1.17. The van der Waals surface area contributed by atoms with Gasteiger partial charge in [0, 0.05) is 87.3 Å². The van der Waals surface area contributed by atoms with Crippen LogP contribution in [0.15, 0.2) is 69.7 Å². The highest BCUT2D eigenvalue weighted by Crippen LogP contribution is 2.47. The zero-order valence-corrected chi connectivity index (χ0v) is 43.5. The summed E-state index contributed by atoms with van der Waals surface area (Å²) in [6.45, 7) is 4.60. The molecule has 0 atom stereocenters. The lowest BCUT2D eigenvalue weighted by molar-refractivity contribution is 0.0716. The van der Waals surface area contributed by atoms with Crippen molar-refractivity contribution >= 4 is 65.0 Å². The van der Waals surface area contributed by atoms with Crippen LogP contribution in [0.4, 0.5) is 11.6 Å². The van der Waals surface area contributed by atoms with E-state index in [1.807, 2.05) is 12.1 Å². The van der Waals surface area contributed by atoms with E-state index in [1.54, 1.807) is 82.5 Å². The number of fused-ring (bicyclic) bond motifs is 2. The molecule has 27 heteroatoms. The number of hydrogen-bond acceptors (Lipinski definition) is 17. The Morgan fingerprint density at radius 1 is 0.707 bits per heavy atom. The van der Waals surface area contributed by atoms with Gasteiger partial charge in [-0.2, -0.15) is 20.7 Å². The molecule has 0 spiro atoms. The van der Waals surface area contributed by atoms with Crippen LogP contribution in [-0.2, 0) is 59.1 Å². The lowest BCUT2D eigenvalue weighted by Crippen LogP contribution is -2.47. The molecule has 0 radical (unpaired) electrons. The van der Waals surface area contributed by atoms with E-state index in [-0.39, 0.29) is 73.1 Å². The SMILES string of the molecule is Cc1cc(N)no1.Cc1cc(NS(=O)(=O)C2(CN3CCc4c(C(=O)NCc5ccc(C#N)cc5)nn(C)c4C3=O)CC2)no1.Cn1nc(C(=O)NCc2ccc(C#N)cc2)c2c1C(=O)N(CC1(S(=O)(=O)Cl)CC1)CC2. The number of sulfonamides is 1. The quantitative estimate of drug-likeness (QED) is 0.114. The molecule has 75 heavy (non-hydrogen) atoms. The number of nitrogen functional groups attached to an aromatic ring is 1. The number of halogens is 1. The summed E-state index contributed by atoms with van der Waals surface area (Å²) in [4.78, 5) is 55.0. The number of carbonyl (C=O) groups excluding carboxylic acids is 4. The van der Waals surface area contributed by atoms with Crippen LogP contribution in [0, 0.1) is 36.5 Å². The fraction of sp³-hybridized carbons (Fsp3) is 0.375. The number of aryl methyl sites for hydroxylation is 4. The number of nitrogens with one attached hydrogen (secondary N) is 3. The average Bonchev–Trinajstić information content (AvgIpc) is 4.21. The minimum atomic E-state index is -3.82. The molecule has 6 heterocycles. The molecule has 2 aliphatic heterocycles. The van der Waals surface area contributed by atoms with Gasteiger partial charge in [0.15, 0.2) is 23.0 Å². The van der Waals surface area contributed by atoms with Gasteiger partial charge in [0.1, 0.15) is 32.4 Å². The van der Waals surface area contributed by atoms with Crippen LogP contribution >= 0.6 is 10.7 Å². The van der Waals surface area contributed by atoms with Gasteiger partial charge in [-0.25, -0.2) is 16.8 Å². The van der Waals surface area contributed by atoms with Crippen molar-refractivity contribution in [2.75, 3.05) is 36.6 Å². The first-order chi connectivity index (χ1) is 35.6. The van der Waals surface area contributed by atoms with E-state index in [4.69, 9.17) is 31.5 Å². The van der Waals surface area contributed by atoms with Crippen molar-refractivity contribution in [1.29, 1.82) is 10.5 Å². The van der Waals surface area contributed by atoms with Crippen LogP contribution in [0.3, 0.4) is 0 Å². The summed E-state index contributed by atoms with van der Waals surface area (Å²) in [6.07, 6.45) is 2.48. The molecule has 392 valence electrons. The van der Waals surface area contributed by atoms with Gasteiger partial charge in [-0.15, -0.1) is 0 Å². The highest BCUT2D eigenvalue weighted by molar-refractivity contribution is 8.15. The van der Waals surface area contributed by atoms with Crippen LogP contribution in [0.5, 0.6) is 0 Å². The number of nitriles is 2. The normalized spacial score (nSPS) is 15.9. The third-order valence-electron chi connectivity index (χ3n) is 13.2. The summed E-state index contributed by atoms with van der Waals surface area (Å²) < 4.78 is 62.5. The third kappa shape index (κ3) is 11.5. The van der Waals surface area contributed by atoms with E-state index in [2.05, 4.69) is 40.4 Å². The Morgan fingerprint density at radius 2 is 1.13 bits per heavy atom. The smallest absolute Gasteiger partial charge is 0.272 e. The molecule has 2 saturated carbocycles. The molecule has 4 aromatic heterocycles. The molecule has 24 nitrogen and oxygen atoms in total. The van der Waals surface area contributed by atoms with Gasteiger partial charge >= 0.3 is 0 Å². The summed E-state index contributed by atoms with van der Waals surface area (Å²) in [5.41, 5.74) is 9.92. The van der Waals surface area contributed by atoms with Crippen LogP contribution < -0.4 is 21.1 Å². The van der Waals surface area contributed by atoms with Gasteiger partial charge in [0.2, 0.25) is 19.1 Å². The van der Waals surface area contributed by atoms with Crippen molar-refractivity contribution in [3.63, 3.8) is 0 Å². The van der Waals surface area contributed by atoms with Gasteiger partial charge in [0.05, 0.1) is 23.3 Å². The molecule has 10 rings (SSSR count). The summed E-state index contributed by atoms with van der Waals surface area (Å²) in [5.74, 6) is 0.263. The molecule has 2 aliphatic carbocycles. The Kier molecular flexibility index (Phi) is 14.9. The van der Waals surface area contributed by atoms with Gasteiger partial charge < -0.3 is 35.2 Å². The minimum absolute atomic E-state index is 0.0306. The van der Waals surface area contributed by atoms with Gasteiger partial charge in [-0.05, 0) is 87.8 Å². The molecule has 4 amide bonds. The maximum Gasteiger partial charge on any atom is 0.272 e. The van der Waals surface area contributed by atoms with Gasteiger partial charge in [-0.1, -0.05) is 34.6 Å². The fourth-order valence-electron chi connectivity index (χ4n) is 8.74. The first-order valence-corrected chi connectivity index (χ1v) is 27.2. The summed E-state index contributed by atoms with van der Waals surface area (Å²) in [5, 5.41) is 39.0. The second kappa shape index (κ2) is 21.0. The van der Waals surface area contributed by atoms with Crippen LogP contribution in [0.2, 0.25) is 0 Å². The third-order valence-corrected chi connectivity index (χ3v) is 17.9. The van der Waals surface area contributed by atoms with Crippen molar-refractivity contribution in [3.8, 4) is 12.1 Å². The Balaban J connectivity index is 0.000000178. The van der Waals surface area contributed by atoms with E-state index in [9.17, 15) is 36.0 Å². The first-order valence-electron chi connectivity index (χ1n) is 23.4. The number of rotatable bonds is 14. The number of anilines is 2. The number of benzene rings is 2. The topological polar surface area (TPSA) is 340 Å². The van der Waals surface area contributed by atoms with Crippen molar-refractivity contribution in [2.24, 2.45) is 14.1 Å². The van der Waals surface area contributed by atoms with Crippen LogP contribution in [0.25, 0.3) is 0 Å². The second-order valence-electron chi connectivity index (χ2n) is 18.6. The highest BCUT2D eigenvalue weighted by atomic mass is 35.7. The predicted molar refractivity (Wildman–Crippen MR) is 268 cm³/mol. The zero-order chi connectivity index (χ0) is 54.0. The maximum atomic E-state index is 13.4. The molecule has 2 aromatic carbocycles. The molecular formula is C48H51ClN14O10S2. The molecule has 2 fully saturated rings. The lowest BCUT2D eigenvalue weighted by atomic mass is 10.0. The predicted octanol–water partition coefficient (Wildman–Crippen LogP) is 3.38. The van der Waals surface area contributed by atoms with E-state index < -0.39 is 40.4 Å². The first kappa shape index (κ1) is 53.2. The largest absolute Gasteiger partial charge is 0.381 e. The molecule has 0 saturated heterocycles. The van der Waals surface area contributed by atoms with Gasteiger partial charge in [0.25, 0.3) is 23.6 Å². The maximum absolute atomic E-state index is 13.4. The zero-order valence-electron chi connectivity index (χ0n) is 41.1. The molecular weight excluding hydrogens is 1030 g/mol. The standard InChI is InChI=1S/C24H25N7O5S.C20H20ClN5O4S.C4H6N2O/c1-15-11-19(28-36-15)29-37(34,35)24(8-9-24)14-31-10-7-18-20(27-30(2)21(18)23(31)33)22(32)26-13-17-5-3-16(12-25)4-6-17;1-25-17-15(6-9-26(19(17)28)12-20(7-8-20)31(21,29)30)16(24-25)18(27)23-11-14-4-2-13(10-22)3-5-14;1-3-2-4(5)6-7-3/h3-6,11H,7-10,13-14H2,1-2H3,(H,26,32)(H,28,29);2-5H,6-9,11-12H2,1H3,(H,23,27);2H,1H3,(H2,5,6). The van der Waals surface area contributed by atoms with E-state index in [0.29, 0.717) is 78.9 Å². The Labute approximate surface area is 435 Å². The molecule has 5 N–H and O–H groups in total. The fourth-order valence-corrected chi connectivity index (χ4v) is 11.8. The monoisotopic (exact) mass is 1080 g/mol. The highest BCUT2D eigenvalue weighted by Gasteiger charge is 2.57. The van der Waals surface area contributed by atoms with Crippen molar-refractivity contribution < 1.29 is 45.1 Å². The van der Waals surface area contributed by atoms with Crippen molar-refractivity contribution in [2.45, 2.75) is 75.0 Å². The number of carbonyl (C=O) groups is 4. The van der Waals surface area contributed by atoms with Crippen molar-refractivity contribution in [1.82, 2.24) is 50.3 Å². The number of nitrogens with zero attached hydrogens (tertiary/aromatic N) is 10. The van der Waals surface area contributed by atoms with Crippen LogP contribution in [-0.4, -0.2) is 116 Å². The van der Waals surface area contributed by atoms with E-state index in [0.717, 1.165) is 16.9 Å².